The molecule has 2 atom stereocenters. The van der Waals surface area contributed by atoms with Gasteiger partial charge in [0.05, 0.1) is 12.7 Å². The number of hydrogen-bond donors (Lipinski definition) is 3. The molecule has 0 heterocycles. The van der Waals surface area contributed by atoms with E-state index in [4.69, 9.17) is 21.4 Å². The minimum absolute atomic E-state index is 0.0947. The van der Waals surface area contributed by atoms with Crippen LogP contribution in [0, 0.1) is 0 Å². The summed E-state index contributed by atoms with van der Waals surface area (Å²) < 4.78 is 5.62. The molecule has 0 saturated heterocycles. The van der Waals surface area contributed by atoms with Crippen LogP contribution < -0.4 is 10.1 Å². The molecule has 1 fully saturated rings. The Morgan fingerprint density at radius 3 is 2.85 bits per heavy atom. The number of nitrogens with one attached hydrogen (secondary N) is 1. The summed E-state index contributed by atoms with van der Waals surface area (Å²) in [5.74, 6) is 0.699. The van der Waals surface area contributed by atoms with Gasteiger partial charge in [0.15, 0.2) is 0 Å². The van der Waals surface area contributed by atoms with Gasteiger partial charge in [0.1, 0.15) is 12.4 Å². The first-order valence-electron chi connectivity index (χ1n) is 7.14. The van der Waals surface area contributed by atoms with Crippen LogP contribution in [0.4, 0.5) is 0 Å². The topological polar surface area (TPSA) is 61.7 Å². The molecule has 0 aromatic heterocycles. The number of aliphatic hydroxyl groups is 2. The fraction of sp³-hybridized carbons (Fsp3) is 0.600. The van der Waals surface area contributed by atoms with Crippen molar-refractivity contribution in [3.8, 4) is 5.75 Å². The zero-order chi connectivity index (χ0) is 14.4. The van der Waals surface area contributed by atoms with Gasteiger partial charge in [0.25, 0.3) is 0 Å². The molecule has 1 saturated carbocycles. The SMILES string of the molecule is OCc1cc(OCCNC2CCCCC2O)ccc1Cl. The lowest BCUT2D eigenvalue weighted by molar-refractivity contribution is 0.0890. The molecular weight excluding hydrogens is 278 g/mol. The number of rotatable bonds is 6. The van der Waals surface area contributed by atoms with E-state index in [9.17, 15) is 5.11 Å². The number of ether oxygens (including phenoxy) is 1. The summed E-state index contributed by atoms with van der Waals surface area (Å²) >= 11 is 5.92. The monoisotopic (exact) mass is 299 g/mol. The summed E-state index contributed by atoms with van der Waals surface area (Å²) in [5.41, 5.74) is 0.667. The molecule has 2 rings (SSSR count). The van der Waals surface area contributed by atoms with E-state index >= 15 is 0 Å². The maximum Gasteiger partial charge on any atom is 0.119 e. The van der Waals surface area contributed by atoms with Crippen LogP contribution in [0.15, 0.2) is 18.2 Å². The Bertz CT molecular complexity index is 428. The third-order valence-electron chi connectivity index (χ3n) is 3.69. The lowest BCUT2D eigenvalue weighted by Crippen LogP contribution is -2.43. The van der Waals surface area contributed by atoms with E-state index in [0.29, 0.717) is 29.5 Å². The van der Waals surface area contributed by atoms with Crippen LogP contribution in [0.1, 0.15) is 31.2 Å². The van der Waals surface area contributed by atoms with Crippen molar-refractivity contribution in [3.63, 3.8) is 0 Å². The predicted molar refractivity (Wildman–Crippen MR) is 79.1 cm³/mol. The average Bonchev–Trinajstić information content (AvgIpc) is 2.47. The van der Waals surface area contributed by atoms with Crippen molar-refractivity contribution in [2.24, 2.45) is 0 Å². The second-order valence-electron chi connectivity index (χ2n) is 5.17. The van der Waals surface area contributed by atoms with Crippen LogP contribution >= 0.6 is 11.6 Å². The molecule has 0 spiro atoms. The molecule has 1 aliphatic rings. The first kappa shape index (κ1) is 15.6. The van der Waals surface area contributed by atoms with Gasteiger partial charge in [-0.25, -0.2) is 0 Å². The van der Waals surface area contributed by atoms with Gasteiger partial charge < -0.3 is 20.3 Å². The Labute approximate surface area is 124 Å². The second-order valence-corrected chi connectivity index (χ2v) is 5.58. The zero-order valence-corrected chi connectivity index (χ0v) is 12.3. The Morgan fingerprint density at radius 1 is 1.30 bits per heavy atom. The van der Waals surface area contributed by atoms with E-state index in [-0.39, 0.29) is 18.8 Å². The molecule has 0 aliphatic heterocycles. The summed E-state index contributed by atoms with van der Waals surface area (Å²) in [6.07, 6.45) is 3.96. The highest BCUT2D eigenvalue weighted by Gasteiger charge is 2.21. The quantitative estimate of drug-likeness (QED) is 0.704. The molecule has 112 valence electrons. The Hall–Kier alpha value is -0.810. The third kappa shape index (κ3) is 4.35. The summed E-state index contributed by atoms with van der Waals surface area (Å²) in [6, 6.07) is 5.45. The highest BCUT2D eigenvalue weighted by atomic mass is 35.5. The maximum atomic E-state index is 9.84. The van der Waals surface area contributed by atoms with Crippen LogP contribution in [0.2, 0.25) is 5.02 Å². The maximum absolute atomic E-state index is 9.84. The van der Waals surface area contributed by atoms with E-state index in [0.717, 1.165) is 19.3 Å². The van der Waals surface area contributed by atoms with Crippen LogP contribution in [0.3, 0.4) is 0 Å². The minimum Gasteiger partial charge on any atom is -0.492 e. The Kier molecular flexibility index (Phi) is 6.10. The fourth-order valence-electron chi connectivity index (χ4n) is 2.52. The van der Waals surface area contributed by atoms with E-state index in [1.165, 1.54) is 6.42 Å². The first-order valence-corrected chi connectivity index (χ1v) is 7.52. The highest BCUT2D eigenvalue weighted by molar-refractivity contribution is 6.31. The van der Waals surface area contributed by atoms with Gasteiger partial charge in [-0.2, -0.15) is 0 Å². The van der Waals surface area contributed by atoms with Crippen molar-refractivity contribution >= 4 is 11.6 Å². The minimum atomic E-state index is -0.236. The van der Waals surface area contributed by atoms with Crippen LogP contribution in [-0.4, -0.2) is 35.5 Å². The van der Waals surface area contributed by atoms with Crippen LogP contribution in [0.25, 0.3) is 0 Å². The Balaban J connectivity index is 1.73. The predicted octanol–water partition coefficient (Wildman–Crippen LogP) is 2.10. The van der Waals surface area contributed by atoms with Crippen molar-refractivity contribution < 1.29 is 14.9 Å². The summed E-state index contributed by atoms with van der Waals surface area (Å²) in [6.45, 7) is 1.12. The number of hydrogen-bond acceptors (Lipinski definition) is 4. The third-order valence-corrected chi connectivity index (χ3v) is 4.06. The lowest BCUT2D eigenvalue weighted by atomic mass is 9.93. The smallest absolute Gasteiger partial charge is 0.119 e. The average molecular weight is 300 g/mol. The molecule has 1 aliphatic carbocycles. The van der Waals surface area contributed by atoms with Gasteiger partial charge in [0, 0.05) is 17.6 Å². The van der Waals surface area contributed by atoms with Crippen molar-refractivity contribution in [1.29, 1.82) is 0 Å². The summed E-state index contributed by atoms with van der Waals surface area (Å²) in [4.78, 5) is 0. The molecule has 5 heteroatoms. The lowest BCUT2D eigenvalue weighted by Gasteiger charge is -2.28. The molecular formula is C15H22ClNO3. The number of benzene rings is 1. The van der Waals surface area contributed by atoms with Gasteiger partial charge in [-0.15, -0.1) is 0 Å². The van der Waals surface area contributed by atoms with Gasteiger partial charge >= 0.3 is 0 Å². The van der Waals surface area contributed by atoms with Crippen molar-refractivity contribution in [2.45, 2.75) is 44.4 Å². The standard InChI is InChI=1S/C15H22ClNO3/c16-13-6-5-12(9-11(13)10-18)20-8-7-17-14-3-1-2-4-15(14)19/h5-6,9,14-15,17-19H,1-4,7-8,10H2. The number of aliphatic hydroxyl groups excluding tert-OH is 2. The molecule has 0 amide bonds. The van der Waals surface area contributed by atoms with Gasteiger partial charge in [-0.05, 0) is 36.6 Å². The molecule has 0 bridgehead atoms. The van der Waals surface area contributed by atoms with Crippen molar-refractivity contribution in [3.05, 3.63) is 28.8 Å². The molecule has 1 aromatic rings. The molecule has 2 unspecified atom stereocenters. The summed E-state index contributed by atoms with van der Waals surface area (Å²) in [5, 5.41) is 22.8. The van der Waals surface area contributed by atoms with Crippen LogP contribution in [0.5, 0.6) is 5.75 Å². The van der Waals surface area contributed by atoms with Crippen molar-refractivity contribution in [1.82, 2.24) is 5.32 Å². The van der Waals surface area contributed by atoms with Gasteiger partial charge in [-0.1, -0.05) is 24.4 Å². The van der Waals surface area contributed by atoms with E-state index in [1.807, 2.05) is 0 Å². The van der Waals surface area contributed by atoms with E-state index < -0.39 is 0 Å². The Morgan fingerprint density at radius 2 is 2.10 bits per heavy atom. The molecule has 3 N–H and O–H groups in total. The fourth-order valence-corrected chi connectivity index (χ4v) is 2.70. The van der Waals surface area contributed by atoms with Crippen molar-refractivity contribution in [2.75, 3.05) is 13.2 Å². The zero-order valence-electron chi connectivity index (χ0n) is 11.5. The largest absolute Gasteiger partial charge is 0.492 e. The number of halogens is 1. The molecule has 4 nitrogen and oxygen atoms in total. The molecule has 20 heavy (non-hydrogen) atoms. The van der Waals surface area contributed by atoms with Crippen LogP contribution in [-0.2, 0) is 6.61 Å². The van der Waals surface area contributed by atoms with E-state index in [1.54, 1.807) is 18.2 Å². The van der Waals surface area contributed by atoms with Gasteiger partial charge in [-0.3, -0.25) is 0 Å². The molecule has 1 aromatic carbocycles. The van der Waals surface area contributed by atoms with Gasteiger partial charge in [0.2, 0.25) is 0 Å². The molecule has 0 radical (unpaired) electrons. The van der Waals surface area contributed by atoms with E-state index in [2.05, 4.69) is 5.32 Å². The normalized spacial score (nSPS) is 22.8. The highest BCUT2D eigenvalue weighted by Crippen LogP contribution is 2.22. The second kappa shape index (κ2) is 7.84. The first-order chi connectivity index (χ1) is 9.70. The summed E-state index contributed by atoms with van der Waals surface area (Å²) in [7, 11) is 0.